The minimum Gasteiger partial charge on any atom is -0.273 e. The standard InChI is InChI=1S/C13H11Cl2N5OS/c1-6-3-7(2)19-13(18-6)20-8(21)4-22-12(20)9-10(14)16-5-17-11(9)15/h3,5,12H,4H2,1-2H3. The summed E-state index contributed by atoms with van der Waals surface area (Å²) in [6.07, 6.45) is 1.28. The van der Waals surface area contributed by atoms with Gasteiger partial charge in [0.1, 0.15) is 22.0 Å². The quantitative estimate of drug-likeness (QED) is 0.771. The normalized spacial score (nSPS) is 18.1. The first-order chi connectivity index (χ1) is 10.5. The Kier molecular flexibility index (Phi) is 4.20. The van der Waals surface area contributed by atoms with E-state index in [2.05, 4.69) is 19.9 Å². The molecule has 0 bridgehead atoms. The Hall–Kier alpha value is -1.44. The van der Waals surface area contributed by atoms with Gasteiger partial charge in [-0.05, 0) is 19.9 Å². The third kappa shape index (κ3) is 2.76. The van der Waals surface area contributed by atoms with Gasteiger partial charge in [-0.25, -0.2) is 19.9 Å². The lowest BCUT2D eigenvalue weighted by atomic mass is 10.3. The number of aromatic nitrogens is 4. The minimum absolute atomic E-state index is 0.101. The molecule has 1 fully saturated rings. The second-order valence-corrected chi connectivity index (χ2v) is 6.53. The van der Waals surface area contributed by atoms with E-state index in [1.54, 1.807) is 0 Å². The van der Waals surface area contributed by atoms with Gasteiger partial charge < -0.3 is 0 Å². The van der Waals surface area contributed by atoms with Crippen molar-refractivity contribution < 1.29 is 4.79 Å². The van der Waals surface area contributed by atoms with E-state index in [-0.39, 0.29) is 16.2 Å². The minimum atomic E-state index is -0.435. The highest BCUT2D eigenvalue weighted by atomic mass is 35.5. The molecule has 0 N–H and O–H groups in total. The van der Waals surface area contributed by atoms with Crippen molar-refractivity contribution in [3.63, 3.8) is 0 Å². The molecule has 114 valence electrons. The SMILES string of the molecule is Cc1cc(C)nc(N2C(=O)CSC2c2c(Cl)ncnc2Cl)n1. The Morgan fingerprint density at radius 2 is 1.77 bits per heavy atom. The summed E-state index contributed by atoms with van der Waals surface area (Å²) in [5.74, 6) is 0.534. The zero-order chi connectivity index (χ0) is 15.9. The zero-order valence-corrected chi connectivity index (χ0v) is 14.1. The lowest BCUT2D eigenvalue weighted by molar-refractivity contribution is -0.115. The van der Waals surface area contributed by atoms with Gasteiger partial charge in [0.2, 0.25) is 11.9 Å². The Bertz CT molecular complexity index is 717. The number of rotatable bonds is 2. The average molecular weight is 356 g/mol. The summed E-state index contributed by atoms with van der Waals surface area (Å²) >= 11 is 13.7. The highest BCUT2D eigenvalue weighted by Gasteiger charge is 2.39. The first-order valence-electron chi connectivity index (χ1n) is 6.39. The molecule has 9 heteroatoms. The van der Waals surface area contributed by atoms with Crippen LogP contribution in [0, 0.1) is 13.8 Å². The highest BCUT2D eigenvalue weighted by molar-refractivity contribution is 8.00. The van der Waals surface area contributed by atoms with Gasteiger partial charge in [0.05, 0.1) is 11.3 Å². The third-order valence-electron chi connectivity index (χ3n) is 3.09. The maximum atomic E-state index is 12.3. The summed E-state index contributed by atoms with van der Waals surface area (Å²) in [6, 6.07) is 1.85. The number of amides is 1. The summed E-state index contributed by atoms with van der Waals surface area (Å²) in [4.78, 5) is 30.4. The van der Waals surface area contributed by atoms with Crippen molar-refractivity contribution in [2.45, 2.75) is 19.2 Å². The van der Waals surface area contributed by atoms with Gasteiger partial charge in [-0.3, -0.25) is 9.69 Å². The van der Waals surface area contributed by atoms with Gasteiger partial charge in [-0.1, -0.05) is 23.2 Å². The monoisotopic (exact) mass is 355 g/mol. The van der Waals surface area contributed by atoms with Crippen LogP contribution in [0.5, 0.6) is 0 Å². The molecule has 1 saturated heterocycles. The summed E-state index contributed by atoms with van der Waals surface area (Å²) in [7, 11) is 0. The lowest BCUT2D eigenvalue weighted by Crippen LogP contribution is -2.30. The molecule has 3 heterocycles. The van der Waals surface area contributed by atoms with Crippen LogP contribution in [0.2, 0.25) is 10.3 Å². The molecule has 0 saturated carbocycles. The topological polar surface area (TPSA) is 71.9 Å². The number of anilines is 1. The van der Waals surface area contributed by atoms with Crippen LogP contribution >= 0.6 is 35.0 Å². The maximum absolute atomic E-state index is 12.3. The molecule has 0 aromatic carbocycles. The van der Waals surface area contributed by atoms with Gasteiger partial charge >= 0.3 is 0 Å². The van der Waals surface area contributed by atoms with E-state index in [9.17, 15) is 4.79 Å². The first-order valence-corrected chi connectivity index (χ1v) is 8.19. The van der Waals surface area contributed by atoms with E-state index >= 15 is 0 Å². The van der Waals surface area contributed by atoms with Gasteiger partial charge in [0, 0.05) is 11.4 Å². The Morgan fingerprint density at radius 3 is 2.36 bits per heavy atom. The molecule has 2 aromatic rings. The molecule has 22 heavy (non-hydrogen) atoms. The predicted molar refractivity (Wildman–Crippen MR) is 86.2 cm³/mol. The molecule has 0 radical (unpaired) electrons. The Morgan fingerprint density at radius 1 is 1.18 bits per heavy atom. The second kappa shape index (κ2) is 5.98. The molecular weight excluding hydrogens is 345 g/mol. The molecule has 1 amide bonds. The highest BCUT2D eigenvalue weighted by Crippen LogP contribution is 2.44. The fraction of sp³-hybridized carbons (Fsp3) is 0.308. The molecule has 1 unspecified atom stereocenters. The molecule has 1 aliphatic heterocycles. The van der Waals surface area contributed by atoms with Gasteiger partial charge in [0.25, 0.3) is 0 Å². The van der Waals surface area contributed by atoms with E-state index in [0.717, 1.165) is 11.4 Å². The Labute approximate surface area is 141 Å². The number of aryl methyl sites for hydroxylation is 2. The fourth-order valence-corrected chi connectivity index (χ4v) is 4.07. The van der Waals surface area contributed by atoms with E-state index in [1.165, 1.54) is 23.0 Å². The third-order valence-corrected chi connectivity index (χ3v) is 4.87. The fourth-order valence-electron chi connectivity index (χ4n) is 2.23. The molecule has 3 rings (SSSR count). The van der Waals surface area contributed by atoms with Gasteiger partial charge in [-0.2, -0.15) is 0 Å². The number of nitrogens with zero attached hydrogens (tertiary/aromatic N) is 5. The summed E-state index contributed by atoms with van der Waals surface area (Å²) in [6.45, 7) is 3.71. The van der Waals surface area contributed by atoms with E-state index < -0.39 is 5.37 Å². The summed E-state index contributed by atoms with van der Waals surface area (Å²) in [5, 5.41) is 0.0121. The van der Waals surface area contributed by atoms with Crippen molar-refractivity contribution >= 4 is 46.8 Å². The van der Waals surface area contributed by atoms with Crippen LogP contribution in [-0.2, 0) is 4.79 Å². The van der Waals surface area contributed by atoms with Crippen LogP contribution < -0.4 is 4.90 Å². The smallest absolute Gasteiger partial charge is 0.240 e. The zero-order valence-electron chi connectivity index (χ0n) is 11.7. The van der Waals surface area contributed by atoms with Crippen molar-refractivity contribution in [1.82, 2.24) is 19.9 Å². The van der Waals surface area contributed by atoms with E-state index in [4.69, 9.17) is 23.2 Å². The summed E-state index contributed by atoms with van der Waals surface area (Å²) in [5.41, 5.74) is 2.07. The van der Waals surface area contributed by atoms with Crippen molar-refractivity contribution in [3.8, 4) is 0 Å². The Balaban J connectivity index is 2.10. The van der Waals surface area contributed by atoms with E-state index in [1.807, 2.05) is 19.9 Å². The average Bonchev–Trinajstić information content (AvgIpc) is 2.79. The second-order valence-electron chi connectivity index (χ2n) is 4.75. The molecule has 0 aliphatic carbocycles. The first kappa shape index (κ1) is 15.5. The molecule has 0 spiro atoms. The molecule has 1 aliphatic rings. The predicted octanol–water partition coefficient (Wildman–Crippen LogP) is 2.97. The molecule has 1 atom stereocenters. The van der Waals surface area contributed by atoms with Crippen molar-refractivity contribution in [3.05, 3.63) is 39.7 Å². The van der Waals surface area contributed by atoms with Gasteiger partial charge in [-0.15, -0.1) is 11.8 Å². The number of halogens is 2. The number of carbonyl (C=O) groups excluding carboxylic acids is 1. The molecular formula is C13H11Cl2N5OS. The van der Waals surface area contributed by atoms with E-state index in [0.29, 0.717) is 17.3 Å². The maximum Gasteiger partial charge on any atom is 0.240 e. The van der Waals surface area contributed by atoms with Crippen LogP contribution in [-0.4, -0.2) is 31.6 Å². The summed E-state index contributed by atoms with van der Waals surface area (Å²) < 4.78 is 0. The van der Waals surface area contributed by atoms with Crippen LogP contribution in [0.1, 0.15) is 22.3 Å². The number of hydrogen-bond donors (Lipinski definition) is 0. The van der Waals surface area contributed by atoms with Gasteiger partial charge in [0.15, 0.2) is 0 Å². The largest absolute Gasteiger partial charge is 0.273 e. The lowest BCUT2D eigenvalue weighted by Gasteiger charge is -2.23. The van der Waals surface area contributed by atoms with Crippen LogP contribution in [0.3, 0.4) is 0 Å². The number of hydrogen-bond acceptors (Lipinski definition) is 6. The van der Waals surface area contributed by atoms with Crippen LogP contribution in [0.15, 0.2) is 12.4 Å². The van der Waals surface area contributed by atoms with Crippen LogP contribution in [0.25, 0.3) is 0 Å². The molecule has 2 aromatic heterocycles. The van der Waals surface area contributed by atoms with Crippen molar-refractivity contribution in [1.29, 1.82) is 0 Å². The van der Waals surface area contributed by atoms with Crippen molar-refractivity contribution in [2.75, 3.05) is 10.7 Å². The number of thioether (sulfide) groups is 1. The van der Waals surface area contributed by atoms with Crippen LogP contribution in [0.4, 0.5) is 5.95 Å². The number of carbonyl (C=O) groups is 1. The molecule has 6 nitrogen and oxygen atoms in total. The van der Waals surface area contributed by atoms with Crippen molar-refractivity contribution in [2.24, 2.45) is 0 Å².